The van der Waals surface area contributed by atoms with Crippen LogP contribution in [0.1, 0.15) is 23.3 Å². The Morgan fingerprint density at radius 2 is 2.04 bits per heavy atom. The van der Waals surface area contributed by atoms with Gasteiger partial charge in [-0.1, -0.05) is 29.8 Å². The zero-order valence-corrected chi connectivity index (χ0v) is 14.9. The molecule has 126 valence electrons. The van der Waals surface area contributed by atoms with Gasteiger partial charge in [-0.05, 0) is 55.1 Å². The lowest BCUT2D eigenvalue weighted by molar-refractivity contribution is -0.126. The van der Waals surface area contributed by atoms with E-state index in [0.717, 1.165) is 42.4 Å². The molecule has 1 aromatic carbocycles. The average Bonchev–Trinajstić information content (AvgIpc) is 3.11. The molecule has 1 aliphatic heterocycles. The van der Waals surface area contributed by atoms with Crippen LogP contribution in [0.4, 0.5) is 0 Å². The minimum atomic E-state index is 0.0222. The van der Waals surface area contributed by atoms with Crippen molar-refractivity contribution in [2.45, 2.75) is 19.4 Å². The number of halogens is 1. The molecule has 1 N–H and O–H groups in total. The SMILES string of the molecule is O=C(NN=Cc1cccs1)C1CCN(Cc2ccc(Cl)cc2)CC1. The fourth-order valence-electron chi connectivity index (χ4n) is 2.82. The number of nitrogens with one attached hydrogen (secondary N) is 1. The van der Waals surface area contributed by atoms with Gasteiger partial charge in [0.25, 0.3) is 0 Å². The van der Waals surface area contributed by atoms with Gasteiger partial charge < -0.3 is 0 Å². The van der Waals surface area contributed by atoms with Crippen molar-refractivity contribution < 1.29 is 4.79 Å². The third kappa shape index (κ3) is 4.90. The number of hydrogen-bond acceptors (Lipinski definition) is 4. The number of piperidine rings is 1. The third-order valence-electron chi connectivity index (χ3n) is 4.19. The number of hydrazone groups is 1. The molecule has 1 aliphatic rings. The Kier molecular flexibility index (Phi) is 6.01. The van der Waals surface area contributed by atoms with Crippen molar-refractivity contribution in [2.24, 2.45) is 11.0 Å². The molecular formula is C18H20ClN3OS. The van der Waals surface area contributed by atoms with Crippen LogP contribution in [-0.4, -0.2) is 30.1 Å². The maximum atomic E-state index is 12.2. The van der Waals surface area contributed by atoms with E-state index in [1.807, 2.05) is 29.6 Å². The predicted octanol–water partition coefficient (Wildman–Crippen LogP) is 3.76. The van der Waals surface area contributed by atoms with Crippen LogP contribution in [-0.2, 0) is 11.3 Å². The number of amides is 1. The molecule has 2 aromatic rings. The minimum absolute atomic E-state index is 0.0222. The lowest BCUT2D eigenvalue weighted by Gasteiger charge is -2.30. The van der Waals surface area contributed by atoms with Crippen LogP contribution in [0.15, 0.2) is 46.9 Å². The molecule has 1 amide bonds. The summed E-state index contributed by atoms with van der Waals surface area (Å²) >= 11 is 7.51. The van der Waals surface area contributed by atoms with Gasteiger partial charge in [-0.25, -0.2) is 5.43 Å². The maximum absolute atomic E-state index is 12.2. The fourth-order valence-corrected chi connectivity index (χ4v) is 3.53. The number of hydrogen-bond donors (Lipinski definition) is 1. The van der Waals surface area contributed by atoms with E-state index in [1.165, 1.54) is 5.56 Å². The number of rotatable bonds is 5. The normalized spacial score (nSPS) is 16.5. The second-order valence-electron chi connectivity index (χ2n) is 5.93. The van der Waals surface area contributed by atoms with Crippen molar-refractivity contribution in [3.05, 3.63) is 57.2 Å². The number of nitrogens with zero attached hydrogens (tertiary/aromatic N) is 2. The van der Waals surface area contributed by atoms with Gasteiger partial charge in [-0.3, -0.25) is 9.69 Å². The van der Waals surface area contributed by atoms with Crippen molar-refractivity contribution in [3.8, 4) is 0 Å². The van der Waals surface area contributed by atoms with Crippen LogP contribution in [0, 0.1) is 5.92 Å². The molecule has 1 fully saturated rings. The van der Waals surface area contributed by atoms with Gasteiger partial charge in [0.05, 0.1) is 6.21 Å². The highest BCUT2D eigenvalue weighted by atomic mass is 35.5. The molecule has 2 heterocycles. The molecule has 0 bridgehead atoms. The number of benzene rings is 1. The molecule has 0 radical (unpaired) electrons. The van der Waals surface area contributed by atoms with Crippen LogP contribution in [0.2, 0.25) is 5.02 Å². The van der Waals surface area contributed by atoms with Crippen molar-refractivity contribution in [1.82, 2.24) is 10.3 Å². The zero-order chi connectivity index (χ0) is 16.8. The Hall–Kier alpha value is -1.69. The first-order valence-corrected chi connectivity index (χ1v) is 9.30. The van der Waals surface area contributed by atoms with Gasteiger partial charge in [-0.2, -0.15) is 5.10 Å². The fraction of sp³-hybridized carbons (Fsp3) is 0.333. The smallest absolute Gasteiger partial charge is 0.243 e. The zero-order valence-electron chi connectivity index (χ0n) is 13.3. The molecule has 6 heteroatoms. The van der Waals surface area contributed by atoms with E-state index in [2.05, 4.69) is 27.6 Å². The van der Waals surface area contributed by atoms with Gasteiger partial charge in [0.1, 0.15) is 0 Å². The summed E-state index contributed by atoms with van der Waals surface area (Å²) in [6, 6.07) is 11.9. The lowest BCUT2D eigenvalue weighted by atomic mass is 9.96. The molecule has 0 spiro atoms. The Bertz CT molecular complexity index is 677. The van der Waals surface area contributed by atoms with Crippen molar-refractivity contribution in [3.63, 3.8) is 0 Å². The van der Waals surface area contributed by atoms with Gasteiger partial charge in [-0.15, -0.1) is 11.3 Å². The van der Waals surface area contributed by atoms with Gasteiger partial charge in [0.15, 0.2) is 0 Å². The van der Waals surface area contributed by atoms with E-state index in [9.17, 15) is 4.79 Å². The summed E-state index contributed by atoms with van der Waals surface area (Å²) in [6.07, 6.45) is 3.43. The second-order valence-corrected chi connectivity index (χ2v) is 7.34. The van der Waals surface area contributed by atoms with Crippen LogP contribution in [0.25, 0.3) is 0 Å². The van der Waals surface area contributed by atoms with Gasteiger partial charge >= 0.3 is 0 Å². The molecule has 4 nitrogen and oxygen atoms in total. The molecular weight excluding hydrogens is 342 g/mol. The van der Waals surface area contributed by atoms with Gasteiger partial charge in [0, 0.05) is 22.4 Å². The van der Waals surface area contributed by atoms with E-state index >= 15 is 0 Å². The summed E-state index contributed by atoms with van der Waals surface area (Å²) in [5.41, 5.74) is 3.92. The summed E-state index contributed by atoms with van der Waals surface area (Å²) in [5, 5.41) is 6.79. The topological polar surface area (TPSA) is 44.7 Å². The molecule has 3 rings (SSSR count). The third-order valence-corrected chi connectivity index (χ3v) is 5.25. The maximum Gasteiger partial charge on any atom is 0.243 e. The molecule has 1 aromatic heterocycles. The lowest BCUT2D eigenvalue weighted by Crippen LogP contribution is -2.39. The first-order valence-electron chi connectivity index (χ1n) is 8.04. The highest BCUT2D eigenvalue weighted by Gasteiger charge is 2.24. The van der Waals surface area contributed by atoms with E-state index < -0.39 is 0 Å². The number of likely N-dealkylation sites (tertiary alicyclic amines) is 1. The summed E-state index contributed by atoms with van der Waals surface area (Å²) in [4.78, 5) is 15.6. The summed E-state index contributed by atoms with van der Waals surface area (Å²) < 4.78 is 0. The Labute approximate surface area is 151 Å². The van der Waals surface area contributed by atoms with E-state index in [1.54, 1.807) is 17.6 Å². The molecule has 24 heavy (non-hydrogen) atoms. The number of carbonyl (C=O) groups is 1. The number of carbonyl (C=O) groups excluding carboxylic acids is 1. The van der Waals surface area contributed by atoms with Crippen molar-refractivity contribution >= 4 is 35.1 Å². The van der Waals surface area contributed by atoms with Crippen molar-refractivity contribution in [1.29, 1.82) is 0 Å². The Balaban J connectivity index is 1.42. The average molecular weight is 362 g/mol. The van der Waals surface area contributed by atoms with Crippen LogP contribution >= 0.6 is 22.9 Å². The second kappa shape index (κ2) is 8.42. The minimum Gasteiger partial charge on any atom is -0.299 e. The largest absolute Gasteiger partial charge is 0.299 e. The monoisotopic (exact) mass is 361 g/mol. The van der Waals surface area contributed by atoms with Crippen LogP contribution < -0.4 is 5.43 Å². The van der Waals surface area contributed by atoms with Gasteiger partial charge in [0.2, 0.25) is 5.91 Å². The molecule has 0 saturated carbocycles. The number of thiophene rings is 1. The van der Waals surface area contributed by atoms with E-state index in [4.69, 9.17) is 11.6 Å². The molecule has 0 atom stereocenters. The first kappa shape index (κ1) is 17.1. The molecule has 1 saturated heterocycles. The predicted molar refractivity (Wildman–Crippen MR) is 99.5 cm³/mol. The quantitative estimate of drug-likeness (QED) is 0.651. The summed E-state index contributed by atoms with van der Waals surface area (Å²) in [5.74, 6) is 0.0703. The Morgan fingerprint density at radius 1 is 1.29 bits per heavy atom. The molecule has 0 aliphatic carbocycles. The van der Waals surface area contributed by atoms with Crippen molar-refractivity contribution in [2.75, 3.05) is 13.1 Å². The Morgan fingerprint density at radius 3 is 2.71 bits per heavy atom. The highest BCUT2D eigenvalue weighted by molar-refractivity contribution is 7.11. The standard InChI is InChI=1S/C18H20ClN3OS/c19-16-5-3-14(4-6-16)13-22-9-7-15(8-10-22)18(23)21-20-12-17-2-1-11-24-17/h1-6,11-12,15H,7-10,13H2,(H,21,23). The first-order chi connectivity index (χ1) is 11.7. The van der Waals surface area contributed by atoms with Crippen LogP contribution in [0.5, 0.6) is 0 Å². The summed E-state index contributed by atoms with van der Waals surface area (Å²) in [6.45, 7) is 2.76. The molecule has 0 unspecified atom stereocenters. The van der Waals surface area contributed by atoms with E-state index in [0.29, 0.717) is 0 Å². The van der Waals surface area contributed by atoms with E-state index in [-0.39, 0.29) is 11.8 Å². The summed E-state index contributed by atoms with van der Waals surface area (Å²) in [7, 11) is 0. The highest BCUT2D eigenvalue weighted by Crippen LogP contribution is 2.20. The van der Waals surface area contributed by atoms with Crippen LogP contribution in [0.3, 0.4) is 0 Å².